The summed E-state index contributed by atoms with van der Waals surface area (Å²) in [4.78, 5) is 12.1. The van der Waals surface area contributed by atoms with Crippen LogP contribution in [0.5, 0.6) is 0 Å². The molecule has 1 N–H and O–H groups in total. The summed E-state index contributed by atoms with van der Waals surface area (Å²) in [5.74, 6) is 0. The largest absolute Gasteiger partial charge is 0.328 e. The zero-order valence-corrected chi connectivity index (χ0v) is 14.9. The van der Waals surface area contributed by atoms with E-state index in [4.69, 9.17) is 0 Å². The summed E-state index contributed by atoms with van der Waals surface area (Å²) in [6.45, 7) is 0.403. The van der Waals surface area contributed by atoms with Crippen molar-refractivity contribution in [3.63, 3.8) is 0 Å². The topological polar surface area (TPSA) is 73.1 Å². The van der Waals surface area contributed by atoms with Gasteiger partial charge in [-0.3, -0.25) is 9.13 Å². The molecule has 0 aliphatic heterocycles. The van der Waals surface area contributed by atoms with Gasteiger partial charge in [0.15, 0.2) is 0 Å². The first-order chi connectivity index (χ1) is 11.4. The lowest BCUT2D eigenvalue weighted by atomic mass is 9.97. The molecule has 2 aromatic rings. The fraction of sp³-hybridized carbons (Fsp3) is 0.471. The van der Waals surface area contributed by atoms with E-state index in [1.54, 1.807) is 32.3 Å². The van der Waals surface area contributed by atoms with Gasteiger partial charge in [0.05, 0.1) is 15.9 Å². The molecule has 0 spiro atoms. The maximum absolute atomic E-state index is 12.5. The number of allylic oxidation sites excluding steroid dienone is 1. The molecule has 0 saturated carbocycles. The molecule has 3 rings (SSSR count). The van der Waals surface area contributed by atoms with E-state index in [0.717, 1.165) is 19.3 Å². The van der Waals surface area contributed by atoms with Crippen LogP contribution in [0.15, 0.2) is 39.5 Å². The first-order valence-corrected chi connectivity index (χ1v) is 9.71. The molecular weight excluding hydrogens is 326 g/mol. The Hall–Kier alpha value is -1.86. The Kier molecular flexibility index (Phi) is 4.64. The van der Waals surface area contributed by atoms with Crippen LogP contribution in [0.3, 0.4) is 0 Å². The van der Waals surface area contributed by atoms with Crippen LogP contribution >= 0.6 is 0 Å². The van der Waals surface area contributed by atoms with E-state index in [0.29, 0.717) is 17.6 Å². The highest BCUT2D eigenvalue weighted by Gasteiger charge is 2.17. The molecule has 0 fully saturated rings. The molecular formula is C17H23N3O3S. The van der Waals surface area contributed by atoms with E-state index in [1.165, 1.54) is 27.5 Å². The van der Waals surface area contributed by atoms with E-state index in [-0.39, 0.29) is 10.6 Å². The Bertz CT molecular complexity index is 951. The molecule has 0 saturated heterocycles. The fourth-order valence-electron chi connectivity index (χ4n) is 3.21. The maximum atomic E-state index is 12.5. The van der Waals surface area contributed by atoms with Gasteiger partial charge in [-0.2, -0.15) is 0 Å². The van der Waals surface area contributed by atoms with Crippen molar-refractivity contribution in [1.29, 1.82) is 0 Å². The van der Waals surface area contributed by atoms with Gasteiger partial charge in [-0.05, 0) is 50.3 Å². The lowest BCUT2D eigenvalue weighted by Gasteiger charge is -2.13. The first kappa shape index (κ1) is 17.0. The number of fused-ring (bicyclic) bond motifs is 1. The standard InChI is InChI=1S/C17H23N3O3S/c1-19-15-9-8-14(12-16(15)20(2)17(19)21)24(22,23)18-11-10-13-6-4-3-5-7-13/h6,8-9,12,18H,3-5,7,10-11H2,1-2H3. The minimum absolute atomic E-state index is 0.170. The number of benzene rings is 1. The molecule has 1 aromatic carbocycles. The van der Waals surface area contributed by atoms with Gasteiger partial charge in [-0.25, -0.2) is 17.9 Å². The summed E-state index contributed by atoms with van der Waals surface area (Å²) in [5, 5.41) is 0. The van der Waals surface area contributed by atoms with Crippen LogP contribution in [-0.2, 0) is 24.1 Å². The quantitative estimate of drug-likeness (QED) is 0.840. The minimum Gasteiger partial charge on any atom is -0.295 e. The van der Waals surface area contributed by atoms with Gasteiger partial charge in [-0.1, -0.05) is 11.6 Å². The molecule has 0 amide bonds. The molecule has 1 heterocycles. The first-order valence-electron chi connectivity index (χ1n) is 8.23. The van der Waals surface area contributed by atoms with Gasteiger partial charge in [0, 0.05) is 20.6 Å². The van der Waals surface area contributed by atoms with E-state index in [2.05, 4.69) is 10.8 Å². The van der Waals surface area contributed by atoms with E-state index >= 15 is 0 Å². The van der Waals surface area contributed by atoms with Crippen molar-refractivity contribution < 1.29 is 8.42 Å². The zero-order chi connectivity index (χ0) is 17.3. The van der Waals surface area contributed by atoms with Gasteiger partial charge >= 0.3 is 5.69 Å². The second-order valence-electron chi connectivity index (χ2n) is 6.31. The number of imidazole rings is 1. The van der Waals surface area contributed by atoms with E-state index < -0.39 is 10.0 Å². The van der Waals surface area contributed by atoms with Crippen LogP contribution in [0.2, 0.25) is 0 Å². The molecule has 6 nitrogen and oxygen atoms in total. The zero-order valence-electron chi connectivity index (χ0n) is 14.1. The summed E-state index contributed by atoms with van der Waals surface area (Å²) >= 11 is 0. The van der Waals surface area contributed by atoms with Crippen molar-refractivity contribution in [3.8, 4) is 0 Å². The van der Waals surface area contributed by atoms with Crippen LogP contribution in [-0.4, -0.2) is 24.1 Å². The molecule has 0 unspecified atom stereocenters. The fourth-order valence-corrected chi connectivity index (χ4v) is 4.27. The van der Waals surface area contributed by atoms with Crippen molar-refractivity contribution in [1.82, 2.24) is 13.9 Å². The van der Waals surface area contributed by atoms with Crippen molar-refractivity contribution in [2.24, 2.45) is 14.1 Å². The number of aromatic nitrogens is 2. The Balaban J connectivity index is 1.79. The monoisotopic (exact) mass is 349 g/mol. The van der Waals surface area contributed by atoms with Crippen molar-refractivity contribution >= 4 is 21.1 Å². The second kappa shape index (κ2) is 6.57. The third-order valence-electron chi connectivity index (χ3n) is 4.68. The molecule has 0 bridgehead atoms. The number of sulfonamides is 1. The van der Waals surface area contributed by atoms with Crippen molar-refractivity contribution in [2.75, 3.05) is 6.54 Å². The highest BCUT2D eigenvalue weighted by Crippen LogP contribution is 2.20. The third kappa shape index (κ3) is 3.18. The highest BCUT2D eigenvalue weighted by molar-refractivity contribution is 7.89. The number of nitrogens with zero attached hydrogens (tertiary/aromatic N) is 2. The van der Waals surface area contributed by atoms with Crippen LogP contribution < -0.4 is 10.4 Å². The van der Waals surface area contributed by atoms with Crippen LogP contribution in [0.25, 0.3) is 11.0 Å². The maximum Gasteiger partial charge on any atom is 0.328 e. The average Bonchev–Trinajstić information content (AvgIpc) is 2.80. The number of hydrogen-bond donors (Lipinski definition) is 1. The van der Waals surface area contributed by atoms with Crippen molar-refractivity contribution in [3.05, 3.63) is 40.3 Å². The summed E-state index contributed by atoms with van der Waals surface area (Å²) in [6.07, 6.45) is 7.57. The molecule has 0 radical (unpaired) electrons. The molecule has 1 aliphatic carbocycles. The Labute approximate surface area is 141 Å². The van der Waals surface area contributed by atoms with Gasteiger partial charge in [0.25, 0.3) is 0 Å². The summed E-state index contributed by atoms with van der Waals surface area (Å²) in [5.41, 5.74) is 2.50. The average molecular weight is 349 g/mol. The van der Waals surface area contributed by atoms with Crippen molar-refractivity contribution in [2.45, 2.75) is 37.0 Å². The summed E-state index contributed by atoms with van der Waals surface area (Å²) in [7, 11) is -0.256. The number of rotatable bonds is 5. The number of hydrogen-bond acceptors (Lipinski definition) is 3. The molecule has 130 valence electrons. The Morgan fingerprint density at radius 2 is 1.88 bits per heavy atom. The van der Waals surface area contributed by atoms with E-state index in [1.807, 2.05) is 0 Å². The number of aryl methyl sites for hydroxylation is 2. The van der Waals surface area contributed by atoms with Crippen LogP contribution in [0.4, 0.5) is 0 Å². The second-order valence-corrected chi connectivity index (χ2v) is 8.07. The minimum atomic E-state index is -3.57. The lowest BCUT2D eigenvalue weighted by Crippen LogP contribution is -2.25. The van der Waals surface area contributed by atoms with E-state index in [9.17, 15) is 13.2 Å². The molecule has 1 aliphatic rings. The third-order valence-corrected chi connectivity index (χ3v) is 6.14. The SMILES string of the molecule is Cn1c(=O)n(C)c2cc(S(=O)(=O)NCCC3=CCCCC3)ccc21. The smallest absolute Gasteiger partial charge is 0.295 e. The Morgan fingerprint density at radius 3 is 2.58 bits per heavy atom. The van der Waals surface area contributed by atoms with Gasteiger partial charge in [-0.15, -0.1) is 0 Å². The predicted molar refractivity (Wildman–Crippen MR) is 94.5 cm³/mol. The molecule has 24 heavy (non-hydrogen) atoms. The normalized spacial score (nSPS) is 15.7. The number of nitrogens with one attached hydrogen (secondary N) is 1. The lowest BCUT2D eigenvalue weighted by molar-refractivity contribution is 0.579. The van der Waals surface area contributed by atoms with Crippen LogP contribution in [0.1, 0.15) is 32.1 Å². The van der Waals surface area contributed by atoms with Gasteiger partial charge in [0.1, 0.15) is 0 Å². The molecule has 0 atom stereocenters. The van der Waals surface area contributed by atoms with Gasteiger partial charge < -0.3 is 0 Å². The summed E-state index contributed by atoms with van der Waals surface area (Å²) in [6, 6.07) is 4.78. The van der Waals surface area contributed by atoms with Crippen LogP contribution in [0, 0.1) is 0 Å². The molecule has 7 heteroatoms. The highest BCUT2D eigenvalue weighted by atomic mass is 32.2. The Morgan fingerprint density at radius 1 is 1.12 bits per heavy atom. The predicted octanol–water partition coefficient (Wildman–Crippen LogP) is 2.05. The molecule has 1 aromatic heterocycles. The van der Waals surface area contributed by atoms with Gasteiger partial charge in [0.2, 0.25) is 10.0 Å². The summed E-state index contributed by atoms with van der Waals surface area (Å²) < 4.78 is 30.6.